The summed E-state index contributed by atoms with van der Waals surface area (Å²) in [6, 6.07) is 1.61. The third kappa shape index (κ3) is 2.02. The van der Waals surface area contributed by atoms with Crippen molar-refractivity contribution in [2.24, 2.45) is 0 Å². The van der Waals surface area contributed by atoms with Gasteiger partial charge in [0.2, 0.25) is 0 Å². The van der Waals surface area contributed by atoms with Gasteiger partial charge in [0, 0.05) is 5.69 Å². The Kier molecular flexibility index (Phi) is 2.73. The Morgan fingerprint density at radius 2 is 2.47 bits per heavy atom. The number of piperidine rings is 1. The van der Waals surface area contributed by atoms with Gasteiger partial charge < -0.3 is 5.11 Å². The fraction of sp³-hybridized carbons (Fsp3) is 0.600. The van der Waals surface area contributed by atoms with Crippen LogP contribution in [-0.2, 0) is 0 Å². The van der Waals surface area contributed by atoms with Crippen molar-refractivity contribution < 1.29 is 9.90 Å². The Labute approximate surface area is 88.1 Å². The molecule has 0 amide bonds. The number of carboxylic acids is 1. The number of nitrogens with one attached hydrogen (secondary N) is 1. The fourth-order valence-corrected chi connectivity index (χ4v) is 1.95. The molecule has 0 radical (unpaired) electrons. The van der Waals surface area contributed by atoms with Crippen molar-refractivity contribution in [3.8, 4) is 0 Å². The van der Waals surface area contributed by atoms with Crippen molar-refractivity contribution in [1.82, 2.24) is 15.1 Å². The van der Waals surface area contributed by atoms with Crippen LogP contribution < -0.4 is 5.32 Å². The molecule has 1 atom stereocenters. The first-order valence-corrected chi connectivity index (χ1v) is 5.21. The summed E-state index contributed by atoms with van der Waals surface area (Å²) in [6.07, 6.45) is 3.52. The Morgan fingerprint density at radius 1 is 1.67 bits per heavy atom. The molecule has 2 N–H and O–H groups in total. The van der Waals surface area contributed by atoms with E-state index in [9.17, 15) is 4.79 Å². The highest BCUT2D eigenvalue weighted by atomic mass is 16.4. The molecule has 5 nitrogen and oxygen atoms in total. The number of aromatic nitrogens is 2. The van der Waals surface area contributed by atoms with Gasteiger partial charge in [-0.2, -0.15) is 5.10 Å². The van der Waals surface area contributed by atoms with E-state index >= 15 is 0 Å². The van der Waals surface area contributed by atoms with Gasteiger partial charge in [-0.05, 0) is 38.8 Å². The molecule has 0 unspecified atom stereocenters. The summed E-state index contributed by atoms with van der Waals surface area (Å²) in [5.41, 5.74) is 1.02. The van der Waals surface area contributed by atoms with Crippen LogP contribution in [0, 0.1) is 6.92 Å². The van der Waals surface area contributed by atoms with Gasteiger partial charge in [-0.3, -0.25) is 10.00 Å². The average molecular weight is 209 g/mol. The zero-order chi connectivity index (χ0) is 10.8. The maximum absolute atomic E-state index is 10.8. The Balaban J connectivity index is 2.22. The van der Waals surface area contributed by atoms with E-state index in [-0.39, 0.29) is 11.9 Å². The van der Waals surface area contributed by atoms with Crippen LogP contribution >= 0.6 is 0 Å². The van der Waals surface area contributed by atoms with Gasteiger partial charge in [0.1, 0.15) is 6.17 Å². The zero-order valence-corrected chi connectivity index (χ0v) is 8.73. The summed E-state index contributed by atoms with van der Waals surface area (Å²) in [6.45, 7) is 2.86. The molecule has 1 aliphatic rings. The van der Waals surface area contributed by atoms with E-state index in [4.69, 9.17) is 5.11 Å². The number of aromatic carboxylic acids is 1. The normalized spacial score (nSPS) is 21.5. The van der Waals surface area contributed by atoms with Gasteiger partial charge in [0.15, 0.2) is 5.69 Å². The van der Waals surface area contributed by atoms with Crippen LogP contribution in [0.1, 0.15) is 41.6 Å². The highest BCUT2D eigenvalue weighted by molar-refractivity contribution is 5.85. The van der Waals surface area contributed by atoms with Gasteiger partial charge in [0.25, 0.3) is 0 Å². The Hall–Kier alpha value is -1.36. The summed E-state index contributed by atoms with van der Waals surface area (Å²) in [5.74, 6) is -0.965. The van der Waals surface area contributed by atoms with Crippen molar-refractivity contribution >= 4 is 5.97 Å². The van der Waals surface area contributed by atoms with Crippen molar-refractivity contribution in [3.05, 3.63) is 17.5 Å². The van der Waals surface area contributed by atoms with Gasteiger partial charge in [-0.15, -0.1) is 0 Å². The molecule has 0 spiro atoms. The summed E-state index contributed by atoms with van der Waals surface area (Å²) in [5, 5.41) is 16.2. The van der Waals surface area contributed by atoms with E-state index in [0.29, 0.717) is 0 Å². The molecule has 0 saturated carbocycles. The highest BCUT2D eigenvalue weighted by Crippen LogP contribution is 2.18. The SMILES string of the molecule is Cc1cc(C(=O)O)nn1[C@@H]1CCCCN1. The first-order valence-electron chi connectivity index (χ1n) is 5.21. The predicted octanol–water partition coefficient (Wildman–Crippen LogP) is 1.16. The van der Waals surface area contributed by atoms with Crippen molar-refractivity contribution in [1.29, 1.82) is 0 Å². The van der Waals surface area contributed by atoms with Crippen LogP contribution in [-0.4, -0.2) is 27.4 Å². The third-order valence-corrected chi connectivity index (χ3v) is 2.72. The van der Waals surface area contributed by atoms with Crippen LogP contribution in [0.3, 0.4) is 0 Å². The number of aryl methyl sites for hydroxylation is 1. The Morgan fingerprint density at radius 3 is 3.00 bits per heavy atom. The van der Waals surface area contributed by atoms with Crippen LogP contribution in [0.15, 0.2) is 6.07 Å². The molecule has 0 bridgehead atoms. The lowest BCUT2D eigenvalue weighted by molar-refractivity contribution is 0.0688. The minimum Gasteiger partial charge on any atom is -0.476 e. The van der Waals surface area contributed by atoms with E-state index in [1.54, 1.807) is 10.7 Å². The zero-order valence-electron chi connectivity index (χ0n) is 8.73. The molecule has 1 aliphatic heterocycles. The number of carboxylic acid groups (broad SMARTS) is 1. The lowest BCUT2D eigenvalue weighted by Crippen LogP contribution is -2.32. The molecule has 1 saturated heterocycles. The van der Waals surface area contributed by atoms with Crippen LogP contribution in [0.4, 0.5) is 0 Å². The number of carbonyl (C=O) groups is 1. The second-order valence-corrected chi connectivity index (χ2v) is 3.89. The van der Waals surface area contributed by atoms with Gasteiger partial charge in [-0.25, -0.2) is 4.79 Å². The van der Waals surface area contributed by atoms with Crippen molar-refractivity contribution in [3.63, 3.8) is 0 Å². The molecule has 5 heteroatoms. The maximum Gasteiger partial charge on any atom is 0.356 e. The van der Waals surface area contributed by atoms with E-state index in [1.165, 1.54) is 12.8 Å². The van der Waals surface area contributed by atoms with Crippen LogP contribution in [0.5, 0.6) is 0 Å². The fourth-order valence-electron chi connectivity index (χ4n) is 1.95. The average Bonchev–Trinajstić information content (AvgIpc) is 2.62. The van der Waals surface area contributed by atoms with Crippen LogP contribution in [0.25, 0.3) is 0 Å². The molecule has 1 aromatic heterocycles. The maximum atomic E-state index is 10.8. The largest absolute Gasteiger partial charge is 0.476 e. The molecule has 2 rings (SSSR count). The monoisotopic (exact) mass is 209 g/mol. The third-order valence-electron chi connectivity index (χ3n) is 2.72. The first kappa shape index (κ1) is 10.2. The molecule has 15 heavy (non-hydrogen) atoms. The molecule has 0 aliphatic carbocycles. The van der Waals surface area contributed by atoms with E-state index in [2.05, 4.69) is 10.4 Å². The molecule has 1 fully saturated rings. The molecular weight excluding hydrogens is 194 g/mol. The Bertz CT molecular complexity index is 367. The van der Waals surface area contributed by atoms with Crippen molar-refractivity contribution in [2.45, 2.75) is 32.4 Å². The molecular formula is C10H15N3O2. The minimum absolute atomic E-state index is 0.125. The number of hydrogen-bond acceptors (Lipinski definition) is 3. The smallest absolute Gasteiger partial charge is 0.356 e. The minimum atomic E-state index is -0.965. The van der Waals surface area contributed by atoms with Gasteiger partial charge >= 0.3 is 5.97 Å². The molecule has 82 valence electrons. The summed E-state index contributed by atoms with van der Waals surface area (Å²) < 4.78 is 1.78. The quantitative estimate of drug-likeness (QED) is 0.767. The van der Waals surface area contributed by atoms with Crippen molar-refractivity contribution in [2.75, 3.05) is 6.54 Å². The molecule has 0 aromatic carbocycles. The number of nitrogens with zero attached hydrogens (tertiary/aromatic N) is 2. The van der Waals surface area contributed by atoms with E-state index < -0.39 is 5.97 Å². The van der Waals surface area contributed by atoms with E-state index in [0.717, 1.165) is 18.7 Å². The predicted molar refractivity (Wildman–Crippen MR) is 54.8 cm³/mol. The molecule has 1 aromatic rings. The first-order chi connectivity index (χ1) is 7.18. The number of rotatable bonds is 2. The van der Waals surface area contributed by atoms with E-state index in [1.807, 2.05) is 6.92 Å². The van der Waals surface area contributed by atoms with Gasteiger partial charge in [-0.1, -0.05) is 0 Å². The standard InChI is InChI=1S/C10H15N3O2/c1-7-6-8(10(14)15)12-13(7)9-4-2-3-5-11-9/h6,9,11H,2-5H2,1H3,(H,14,15)/t9-/m1/s1. The summed E-state index contributed by atoms with van der Waals surface area (Å²) in [4.78, 5) is 10.8. The summed E-state index contributed by atoms with van der Waals surface area (Å²) >= 11 is 0. The lowest BCUT2D eigenvalue weighted by atomic mass is 10.1. The topological polar surface area (TPSA) is 67.1 Å². The summed E-state index contributed by atoms with van der Waals surface area (Å²) in [7, 11) is 0. The second kappa shape index (κ2) is 4.02. The van der Waals surface area contributed by atoms with Crippen LogP contribution in [0.2, 0.25) is 0 Å². The highest BCUT2D eigenvalue weighted by Gasteiger charge is 2.19. The second-order valence-electron chi connectivity index (χ2n) is 3.89. The van der Waals surface area contributed by atoms with Gasteiger partial charge in [0.05, 0.1) is 0 Å². The lowest BCUT2D eigenvalue weighted by Gasteiger charge is -2.24. The number of hydrogen-bond donors (Lipinski definition) is 2. The molecule has 2 heterocycles.